The molecule has 0 spiro atoms. The van der Waals surface area contributed by atoms with Crippen LogP contribution in [0.5, 0.6) is 0 Å². The minimum atomic E-state index is 0.750. The van der Waals surface area contributed by atoms with Crippen molar-refractivity contribution < 1.29 is 0 Å². The second-order valence-electron chi connectivity index (χ2n) is 4.90. The second kappa shape index (κ2) is 6.18. The van der Waals surface area contributed by atoms with Gasteiger partial charge in [0.2, 0.25) is 0 Å². The Hall–Kier alpha value is -0.860. The normalized spacial score (nSPS) is 16.2. The van der Waals surface area contributed by atoms with E-state index in [-0.39, 0.29) is 0 Å². The van der Waals surface area contributed by atoms with Crippen LogP contribution in [0.25, 0.3) is 0 Å². The topological polar surface area (TPSA) is 15.3 Å². The molecule has 0 saturated carbocycles. The molecule has 1 aromatic carbocycles. The van der Waals surface area contributed by atoms with Crippen LogP contribution < -0.4 is 5.32 Å². The minimum Gasteiger partial charge on any atom is -0.314 e. The van der Waals surface area contributed by atoms with E-state index in [4.69, 9.17) is 0 Å². The molecular formula is C15H24N2. The van der Waals surface area contributed by atoms with Gasteiger partial charge in [0.25, 0.3) is 0 Å². The van der Waals surface area contributed by atoms with E-state index in [0.29, 0.717) is 0 Å². The molecule has 2 heteroatoms. The molecule has 94 valence electrons. The third-order valence-electron chi connectivity index (χ3n) is 3.66. The molecule has 17 heavy (non-hydrogen) atoms. The number of nitrogens with one attached hydrogen (secondary N) is 1. The maximum atomic E-state index is 3.37. The van der Waals surface area contributed by atoms with Gasteiger partial charge in [0, 0.05) is 25.7 Å². The lowest BCUT2D eigenvalue weighted by atomic mass is 10.0. The lowest BCUT2D eigenvalue weighted by molar-refractivity contribution is 0.137. The highest BCUT2D eigenvalue weighted by Crippen LogP contribution is 2.16. The maximum absolute atomic E-state index is 3.37. The molecule has 0 atom stereocenters. The Morgan fingerprint density at radius 2 is 1.88 bits per heavy atom. The van der Waals surface area contributed by atoms with Crippen LogP contribution in [0.3, 0.4) is 0 Å². The zero-order valence-corrected chi connectivity index (χ0v) is 11.1. The van der Waals surface area contributed by atoms with E-state index in [1.54, 1.807) is 0 Å². The van der Waals surface area contributed by atoms with Crippen molar-refractivity contribution in [2.45, 2.75) is 39.3 Å². The first-order valence-electron chi connectivity index (χ1n) is 6.86. The van der Waals surface area contributed by atoms with Gasteiger partial charge in [-0.15, -0.1) is 0 Å². The summed E-state index contributed by atoms with van der Waals surface area (Å²) in [6.07, 6.45) is 2.38. The van der Waals surface area contributed by atoms with E-state index in [2.05, 4.69) is 48.3 Å². The van der Waals surface area contributed by atoms with E-state index in [1.165, 1.54) is 24.1 Å². The molecule has 1 fully saturated rings. The molecule has 1 saturated heterocycles. The highest BCUT2D eigenvalue weighted by atomic mass is 15.2. The third kappa shape index (κ3) is 3.08. The van der Waals surface area contributed by atoms with Crippen molar-refractivity contribution in [3.8, 4) is 0 Å². The van der Waals surface area contributed by atoms with Gasteiger partial charge in [-0.05, 0) is 30.5 Å². The summed E-state index contributed by atoms with van der Waals surface area (Å²) in [6, 6.07) is 9.61. The molecule has 0 bridgehead atoms. The Morgan fingerprint density at radius 3 is 2.41 bits per heavy atom. The van der Waals surface area contributed by atoms with Crippen molar-refractivity contribution in [2.24, 2.45) is 0 Å². The van der Waals surface area contributed by atoms with Crippen molar-refractivity contribution in [2.75, 3.05) is 19.6 Å². The summed E-state index contributed by atoms with van der Waals surface area (Å²) < 4.78 is 0. The van der Waals surface area contributed by atoms with Crippen molar-refractivity contribution in [1.29, 1.82) is 0 Å². The quantitative estimate of drug-likeness (QED) is 0.810. The molecule has 2 nitrogen and oxygen atoms in total. The molecule has 0 unspecified atom stereocenters. The number of hydrogen-bond acceptors (Lipinski definition) is 2. The van der Waals surface area contributed by atoms with Crippen LogP contribution in [0.2, 0.25) is 0 Å². The Kier molecular flexibility index (Phi) is 4.57. The summed E-state index contributed by atoms with van der Waals surface area (Å²) in [5, 5.41) is 3.37. The zero-order valence-electron chi connectivity index (χ0n) is 11.1. The predicted octanol–water partition coefficient (Wildman–Crippen LogP) is 2.43. The maximum Gasteiger partial charge on any atom is 0.0348 e. The van der Waals surface area contributed by atoms with Crippen LogP contribution in [0.4, 0.5) is 0 Å². The van der Waals surface area contributed by atoms with E-state index in [0.717, 1.165) is 32.1 Å². The molecule has 1 aliphatic rings. The molecule has 0 amide bonds. The monoisotopic (exact) mass is 232 g/mol. The number of aryl methyl sites for hydroxylation is 1. The fourth-order valence-corrected chi connectivity index (χ4v) is 2.49. The van der Waals surface area contributed by atoms with Gasteiger partial charge < -0.3 is 5.32 Å². The van der Waals surface area contributed by atoms with Gasteiger partial charge >= 0.3 is 0 Å². The van der Waals surface area contributed by atoms with Gasteiger partial charge in [-0.3, -0.25) is 4.90 Å². The van der Waals surface area contributed by atoms with E-state index in [9.17, 15) is 0 Å². The molecule has 1 heterocycles. The van der Waals surface area contributed by atoms with Gasteiger partial charge in [0.15, 0.2) is 0 Å². The van der Waals surface area contributed by atoms with Crippen LogP contribution in [0.15, 0.2) is 24.3 Å². The minimum absolute atomic E-state index is 0.750. The fourth-order valence-electron chi connectivity index (χ4n) is 2.49. The highest BCUT2D eigenvalue weighted by Gasteiger charge is 2.24. The summed E-state index contributed by atoms with van der Waals surface area (Å²) in [7, 11) is 0. The average Bonchev–Trinajstić information content (AvgIpc) is 2.28. The van der Waals surface area contributed by atoms with Gasteiger partial charge in [0.1, 0.15) is 0 Å². The summed E-state index contributed by atoms with van der Waals surface area (Å²) >= 11 is 0. The summed E-state index contributed by atoms with van der Waals surface area (Å²) in [5.41, 5.74) is 3.01. The summed E-state index contributed by atoms with van der Waals surface area (Å²) in [6.45, 7) is 9.16. The van der Waals surface area contributed by atoms with E-state index in [1.807, 2.05) is 0 Å². The SMILES string of the molecule is CCCN(Cc1ccccc1CC)C1CNC1. The number of rotatable bonds is 6. The first-order chi connectivity index (χ1) is 8.35. The van der Waals surface area contributed by atoms with Crippen LogP contribution in [0, 0.1) is 0 Å². The van der Waals surface area contributed by atoms with Gasteiger partial charge in [-0.2, -0.15) is 0 Å². The van der Waals surface area contributed by atoms with Crippen molar-refractivity contribution >= 4 is 0 Å². The smallest absolute Gasteiger partial charge is 0.0348 e. The highest BCUT2D eigenvalue weighted by molar-refractivity contribution is 5.27. The van der Waals surface area contributed by atoms with Crippen molar-refractivity contribution in [1.82, 2.24) is 10.2 Å². The fraction of sp³-hybridized carbons (Fsp3) is 0.600. The first kappa shape index (κ1) is 12.6. The number of benzene rings is 1. The molecule has 1 aliphatic heterocycles. The van der Waals surface area contributed by atoms with Crippen LogP contribution in [0.1, 0.15) is 31.4 Å². The number of hydrogen-bond donors (Lipinski definition) is 1. The standard InChI is InChI=1S/C15H24N2/c1-3-9-17(15-10-16-11-15)12-14-8-6-5-7-13(14)4-2/h5-8,15-16H,3-4,9-12H2,1-2H3. The predicted molar refractivity (Wildman–Crippen MR) is 73.2 cm³/mol. The lowest BCUT2D eigenvalue weighted by Gasteiger charge is -2.38. The van der Waals surface area contributed by atoms with Crippen molar-refractivity contribution in [3.05, 3.63) is 35.4 Å². The Balaban J connectivity index is 2.05. The van der Waals surface area contributed by atoms with Gasteiger partial charge in [-0.25, -0.2) is 0 Å². The molecule has 1 aromatic rings. The molecule has 2 rings (SSSR count). The summed E-state index contributed by atoms with van der Waals surface area (Å²) in [4.78, 5) is 2.63. The van der Waals surface area contributed by atoms with Crippen LogP contribution in [-0.4, -0.2) is 30.6 Å². The largest absolute Gasteiger partial charge is 0.314 e. The average molecular weight is 232 g/mol. The zero-order chi connectivity index (χ0) is 12.1. The van der Waals surface area contributed by atoms with E-state index >= 15 is 0 Å². The Bertz CT molecular complexity index is 345. The van der Waals surface area contributed by atoms with Gasteiger partial charge in [0.05, 0.1) is 0 Å². The molecule has 0 radical (unpaired) electrons. The van der Waals surface area contributed by atoms with Crippen molar-refractivity contribution in [3.63, 3.8) is 0 Å². The Morgan fingerprint density at radius 1 is 1.18 bits per heavy atom. The Labute approximate surface area is 105 Å². The lowest BCUT2D eigenvalue weighted by Crippen LogP contribution is -2.57. The number of nitrogens with zero attached hydrogens (tertiary/aromatic N) is 1. The van der Waals surface area contributed by atoms with Crippen LogP contribution >= 0.6 is 0 Å². The third-order valence-corrected chi connectivity index (χ3v) is 3.66. The van der Waals surface area contributed by atoms with Crippen LogP contribution in [-0.2, 0) is 13.0 Å². The molecule has 1 N–H and O–H groups in total. The second-order valence-corrected chi connectivity index (χ2v) is 4.90. The molecular weight excluding hydrogens is 208 g/mol. The first-order valence-corrected chi connectivity index (χ1v) is 6.86. The molecule has 0 aliphatic carbocycles. The van der Waals surface area contributed by atoms with E-state index < -0.39 is 0 Å². The molecule has 0 aromatic heterocycles. The summed E-state index contributed by atoms with van der Waals surface area (Å²) in [5.74, 6) is 0. The van der Waals surface area contributed by atoms with Gasteiger partial charge in [-0.1, -0.05) is 38.1 Å².